The van der Waals surface area contributed by atoms with Crippen molar-refractivity contribution in [3.8, 4) is 0 Å². The number of nitrogens with zero attached hydrogens (tertiary/aromatic N) is 1. The van der Waals surface area contributed by atoms with Crippen molar-refractivity contribution in [1.82, 2.24) is 0 Å². The van der Waals surface area contributed by atoms with Gasteiger partial charge in [0, 0.05) is 10.0 Å². The van der Waals surface area contributed by atoms with Gasteiger partial charge in [-0.25, -0.2) is 0 Å². The number of rotatable bonds is 1. The topological polar surface area (TPSA) is 38.4 Å². The smallest absolute Gasteiger partial charge is 0.0658 e. The largest absolute Gasteiger partial charge is 0.743 e. The summed E-state index contributed by atoms with van der Waals surface area (Å²) in [5.74, 6) is 0. The molecule has 0 fully saturated rings. The van der Waals surface area contributed by atoms with Gasteiger partial charge in [0.15, 0.2) is 0 Å². The molecule has 0 saturated heterocycles. The summed E-state index contributed by atoms with van der Waals surface area (Å²) in [5.41, 5.74) is 5.77. The van der Waals surface area contributed by atoms with Gasteiger partial charge in [-0.1, -0.05) is 23.2 Å². The Labute approximate surface area is 85.8 Å². The molecule has 0 aliphatic rings. The highest BCUT2D eigenvalue weighted by molar-refractivity contribution is 7.77. The molecule has 1 rings (SSSR count). The van der Waals surface area contributed by atoms with Gasteiger partial charge < -0.3 is 18.4 Å². The molecule has 5 heteroatoms. The third kappa shape index (κ3) is 2.85. The predicted molar refractivity (Wildman–Crippen MR) is 55.1 cm³/mol. The molecule has 2 nitrogen and oxygen atoms in total. The second-order valence-corrected chi connectivity index (χ2v) is 3.37. The van der Waals surface area contributed by atoms with Crippen LogP contribution in [0.15, 0.2) is 23.2 Å². The van der Waals surface area contributed by atoms with Gasteiger partial charge in [-0.15, -0.1) is 0 Å². The number of aliphatic imine (C=N–C) groups is 1. The van der Waals surface area contributed by atoms with E-state index in [4.69, 9.17) is 28.9 Å². The Morgan fingerprint density at radius 3 is 2.17 bits per heavy atom. The summed E-state index contributed by atoms with van der Waals surface area (Å²) in [7, 11) is 0. The van der Waals surface area contributed by atoms with Crippen LogP contribution in [0.4, 0.5) is 5.69 Å². The lowest BCUT2D eigenvalue weighted by Gasteiger charge is -2.03. The number of halogens is 2. The summed E-state index contributed by atoms with van der Waals surface area (Å²) in [6.45, 7) is 0. The molecule has 2 N–H and O–H groups in total. The number of nitrogens with two attached hydrogens (primary N) is 1. The molecule has 0 radical (unpaired) electrons. The summed E-state index contributed by atoms with van der Waals surface area (Å²) < 4.78 is 0. The molecule has 0 aliphatic carbocycles. The van der Waals surface area contributed by atoms with Gasteiger partial charge in [-0.2, -0.15) is 0 Å². The SMILES string of the molecule is NC([S-])=Nc1cc(Cl)cc(Cl)c1. The molecule has 1 aromatic carbocycles. The standard InChI is InChI=1S/C7H6Cl2N2S/c8-4-1-5(9)3-6(2-4)11-7(10)12/h1-3H,(H3,10,11,12)/p-1. The molecule has 64 valence electrons. The minimum atomic E-state index is 0.0633. The van der Waals surface area contributed by atoms with Crippen LogP contribution < -0.4 is 5.73 Å². The Morgan fingerprint density at radius 2 is 1.75 bits per heavy atom. The van der Waals surface area contributed by atoms with Crippen molar-refractivity contribution in [2.45, 2.75) is 0 Å². The van der Waals surface area contributed by atoms with E-state index in [9.17, 15) is 0 Å². The van der Waals surface area contributed by atoms with Crippen molar-refractivity contribution in [2.75, 3.05) is 0 Å². The lowest BCUT2D eigenvalue weighted by Crippen LogP contribution is -2.04. The van der Waals surface area contributed by atoms with E-state index >= 15 is 0 Å². The Balaban J connectivity index is 3.09. The maximum Gasteiger partial charge on any atom is 0.0658 e. The monoisotopic (exact) mass is 219 g/mol. The molecule has 0 aromatic heterocycles. The maximum absolute atomic E-state index is 5.71. The average molecular weight is 220 g/mol. The van der Waals surface area contributed by atoms with E-state index in [0.29, 0.717) is 15.7 Å². The van der Waals surface area contributed by atoms with E-state index in [1.165, 1.54) is 0 Å². The van der Waals surface area contributed by atoms with Crippen molar-refractivity contribution >= 4 is 46.7 Å². The molecule has 0 atom stereocenters. The van der Waals surface area contributed by atoms with Crippen molar-refractivity contribution in [1.29, 1.82) is 0 Å². The minimum absolute atomic E-state index is 0.0633. The first-order valence-corrected chi connectivity index (χ1v) is 4.21. The summed E-state index contributed by atoms with van der Waals surface area (Å²) in [4.78, 5) is 3.82. The lowest BCUT2D eigenvalue weighted by atomic mass is 10.3. The average Bonchev–Trinajstić information content (AvgIpc) is 1.81. The van der Waals surface area contributed by atoms with Gasteiger partial charge in [-0.3, -0.25) is 4.99 Å². The highest BCUT2D eigenvalue weighted by Gasteiger charge is 1.94. The number of hydrogen-bond donors (Lipinski definition) is 1. The van der Waals surface area contributed by atoms with Crippen molar-refractivity contribution in [2.24, 2.45) is 10.7 Å². The van der Waals surface area contributed by atoms with Gasteiger partial charge in [0.05, 0.1) is 5.69 Å². The highest BCUT2D eigenvalue weighted by atomic mass is 35.5. The molecule has 0 amide bonds. The molecule has 0 heterocycles. The van der Waals surface area contributed by atoms with Crippen molar-refractivity contribution < 1.29 is 0 Å². The molecule has 12 heavy (non-hydrogen) atoms. The van der Waals surface area contributed by atoms with Gasteiger partial charge in [0.2, 0.25) is 0 Å². The Hall–Kier alpha value is -0.510. The Kier molecular flexibility index (Phi) is 3.14. The van der Waals surface area contributed by atoms with E-state index < -0.39 is 0 Å². The van der Waals surface area contributed by atoms with Crippen LogP contribution in [-0.2, 0) is 12.6 Å². The van der Waals surface area contributed by atoms with Crippen LogP contribution in [0, 0.1) is 0 Å². The summed E-state index contributed by atoms with van der Waals surface area (Å²) in [5, 5.41) is 1.09. The maximum atomic E-state index is 5.71. The van der Waals surface area contributed by atoms with Crippen LogP contribution in [0.25, 0.3) is 0 Å². The summed E-state index contributed by atoms with van der Waals surface area (Å²) in [6, 6.07) is 4.88. The van der Waals surface area contributed by atoms with E-state index in [0.717, 1.165) is 0 Å². The molecule has 1 aromatic rings. The quantitative estimate of drug-likeness (QED) is 0.448. The van der Waals surface area contributed by atoms with Crippen LogP contribution in [0.1, 0.15) is 0 Å². The zero-order valence-corrected chi connectivity index (χ0v) is 8.25. The summed E-state index contributed by atoms with van der Waals surface area (Å²) >= 11 is 16.0. The number of benzene rings is 1. The van der Waals surface area contributed by atoms with Gasteiger partial charge >= 0.3 is 0 Å². The van der Waals surface area contributed by atoms with Crippen molar-refractivity contribution in [3.63, 3.8) is 0 Å². The van der Waals surface area contributed by atoms with Gasteiger partial charge in [0.1, 0.15) is 0 Å². The van der Waals surface area contributed by atoms with E-state index in [1.54, 1.807) is 18.2 Å². The normalized spacial score (nSPS) is 11.7. The highest BCUT2D eigenvalue weighted by Crippen LogP contribution is 2.24. The zero-order valence-electron chi connectivity index (χ0n) is 5.92. The third-order valence-electron chi connectivity index (χ3n) is 1.09. The van der Waals surface area contributed by atoms with Crippen LogP contribution in [0.5, 0.6) is 0 Å². The molecular formula is C7H5Cl2N2S-. The predicted octanol–water partition coefficient (Wildman–Crippen LogP) is 2.49. The summed E-state index contributed by atoms with van der Waals surface area (Å²) in [6.07, 6.45) is 0. The first kappa shape index (κ1) is 9.58. The fourth-order valence-corrected chi connectivity index (χ4v) is 1.35. The molecule has 0 saturated carbocycles. The number of amidine groups is 1. The molecular weight excluding hydrogens is 215 g/mol. The molecule has 0 spiro atoms. The fourth-order valence-electron chi connectivity index (χ4n) is 0.731. The second kappa shape index (κ2) is 3.94. The molecule has 0 bridgehead atoms. The fraction of sp³-hybridized carbons (Fsp3) is 0. The van der Waals surface area contributed by atoms with E-state index in [2.05, 4.69) is 17.6 Å². The Morgan fingerprint density at radius 1 is 1.25 bits per heavy atom. The van der Waals surface area contributed by atoms with Crippen LogP contribution >= 0.6 is 23.2 Å². The number of hydrogen-bond acceptors (Lipinski definition) is 2. The van der Waals surface area contributed by atoms with Crippen molar-refractivity contribution in [3.05, 3.63) is 28.2 Å². The van der Waals surface area contributed by atoms with Gasteiger partial charge in [0.25, 0.3) is 0 Å². The zero-order chi connectivity index (χ0) is 9.14. The second-order valence-electron chi connectivity index (χ2n) is 2.08. The lowest BCUT2D eigenvalue weighted by molar-refractivity contribution is 1.51. The third-order valence-corrected chi connectivity index (χ3v) is 1.61. The van der Waals surface area contributed by atoms with Crippen LogP contribution in [0.3, 0.4) is 0 Å². The first-order chi connectivity index (χ1) is 5.58. The Bertz CT molecular complexity index is 301. The van der Waals surface area contributed by atoms with E-state index in [1.807, 2.05) is 0 Å². The first-order valence-electron chi connectivity index (χ1n) is 3.05. The van der Waals surface area contributed by atoms with E-state index in [-0.39, 0.29) is 5.17 Å². The minimum Gasteiger partial charge on any atom is -0.743 e. The molecule has 0 aliphatic heterocycles. The van der Waals surface area contributed by atoms with Crippen LogP contribution in [0.2, 0.25) is 10.0 Å². The van der Waals surface area contributed by atoms with Crippen LogP contribution in [-0.4, -0.2) is 5.17 Å². The van der Waals surface area contributed by atoms with Gasteiger partial charge in [-0.05, 0) is 23.4 Å². The molecule has 0 unspecified atom stereocenters.